The maximum atomic E-state index is 13.7. The van der Waals surface area contributed by atoms with Gasteiger partial charge in [-0.25, -0.2) is 4.39 Å². The molecule has 0 spiro atoms. The maximum Gasteiger partial charge on any atom is 0.231 e. The predicted molar refractivity (Wildman–Crippen MR) is 77.6 cm³/mol. The predicted octanol–water partition coefficient (Wildman–Crippen LogP) is 3.31. The van der Waals surface area contributed by atoms with Crippen LogP contribution in [0.5, 0.6) is 0 Å². The van der Waals surface area contributed by atoms with Crippen molar-refractivity contribution >= 4 is 27.5 Å². The van der Waals surface area contributed by atoms with Gasteiger partial charge in [0.15, 0.2) is 0 Å². The molecule has 1 atom stereocenters. The largest absolute Gasteiger partial charge is 0.323 e. The molecule has 0 radical (unpaired) electrons. The fourth-order valence-electron chi connectivity index (χ4n) is 2.47. The fraction of sp³-hybridized carbons (Fsp3) is 0.500. The highest BCUT2D eigenvalue weighted by Gasteiger charge is 2.38. The third-order valence-electron chi connectivity index (χ3n) is 3.81. The lowest BCUT2D eigenvalue weighted by Crippen LogP contribution is -2.47. The molecule has 1 aliphatic rings. The summed E-state index contributed by atoms with van der Waals surface area (Å²) in [5, 5.41) is 5.98. The number of halogens is 2. The van der Waals surface area contributed by atoms with Gasteiger partial charge in [-0.15, -0.1) is 0 Å². The molecular formula is C14H18BrFN2O. The molecule has 3 nitrogen and oxygen atoms in total. The zero-order valence-electron chi connectivity index (χ0n) is 10.9. The van der Waals surface area contributed by atoms with E-state index in [-0.39, 0.29) is 11.6 Å². The lowest BCUT2D eigenvalue weighted by atomic mass is 9.77. The highest BCUT2D eigenvalue weighted by atomic mass is 79.9. The van der Waals surface area contributed by atoms with Crippen LogP contribution in [-0.4, -0.2) is 19.0 Å². The monoisotopic (exact) mass is 328 g/mol. The van der Waals surface area contributed by atoms with Crippen molar-refractivity contribution in [1.82, 2.24) is 5.32 Å². The van der Waals surface area contributed by atoms with Crippen molar-refractivity contribution in [2.45, 2.75) is 26.2 Å². The molecule has 2 rings (SSSR count). The Morgan fingerprint density at radius 2 is 2.37 bits per heavy atom. The first-order valence-corrected chi connectivity index (χ1v) is 7.34. The van der Waals surface area contributed by atoms with Crippen molar-refractivity contribution in [2.24, 2.45) is 5.41 Å². The summed E-state index contributed by atoms with van der Waals surface area (Å²) in [5.41, 5.74) is -0.177. The molecular weight excluding hydrogens is 311 g/mol. The summed E-state index contributed by atoms with van der Waals surface area (Å²) in [7, 11) is 0. The Kier molecular flexibility index (Phi) is 4.58. The van der Waals surface area contributed by atoms with Crippen LogP contribution in [0.25, 0.3) is 0 Å². The minimum atomic E-state index is -0.419. The van der Waals surface area contributed by atoms with Gasteiger partial charge in [-0.05, 0) is 44.0 Å². The van der Waals surface area contributed by atoms with Crippen LogP contribution in [0, 0.1) is 11.2 Å². The van der Waals surface area contributed by atoms with Gasteiger partial charge in [0.05, 0.1) is 11.1 Å². The number of benzene rings is 1. The molecule has 0 aromatic heterocycles. The second kappa shape index (κ2) is 6.01. The average molecular weight is 329 g/mol. The van der Waals surface area contributed by atoms with E-state index in [0.29, 0.717) is 11.0 Å². The standard InChI is InChI=1S/C14H18BrFN2O/c1-2-14(6-3-7-17-9-14)13(19)18-12-5-4-10(15)8-11(12)16/h4-5,8,17H,2-3,6-7,9H2,1H3,(H,18,19). The molecule has 1 saturated heterocycles. The summed E-state index contributed by atoms with van der Waals surface area (Å²) in [4.78, 5) is 12.4. The van der Waals surface area contributed by atoms with E-state index in [2.05, 4.69) is 26.6 Å². The Hall–Kier alpha value is -0.940. The van der Waals surface area contributed by atoms with Crippen LogP contribution in [0.1, 0.15) is 26.2 Å². The molecule has 1 aromatic rings. The zero-order chi connectivity index (χ0) is 13.9. The van der Waals surface area contributed by atoms with Gasteiger partial charge in [-0.3, -0.25) is 4.79 Å². The van der Waals surface area contributed by atoms with Crippen molar-refractivity contribution in [3.8, 4) is 0 Å². The zero-order valence-corrected chi connectivity index (χ0v) is 12.5. The number of amides is 1. The summed E-state index contributed by atoms with van der Waals surface area (Å²) in [6.45, 7) is 3.61. The van der Waals surface area contributed by atoms with Gasteiger partial charge in [0, 0.05) is 11.0 Å². The second-order valence-electron chi connectivity index (χ2n) is 4.99. The van der Waals surface area contributed by atoms with Gasteiger partial charge in [0.1, 0.15) is 5.82 Å². The average Bonchev–Trinajstić information content (AvgIpc) is 2.42. The van der Waals surface area contributed by atoms with Gasteiger partial charge in [-0.1, -0.05) is 22.9 Å². The minimum Gasteiger partial charge on any atom is -0.323 e. The van der Waals surface area contributed by atoms with Crippen molar-refractivity contribution in [3.05, 3.63) is 28.5 Å². The highest BCUT2D eigenvalue weighted by Crippen LogP contribution is 2.32. The van der Waals surface area contributed by atoms with Crippen LogP contribution in [0.3, 0.4) is 0 Å². The first-order chi connectivity index (χ1) is 9.07. The highest BCUT2D eigenvalue weighted by molar-refractivity contribution is 9.10. The Balaban J connectivity index is 2.15. The van der Waals surface area contributed by atoms with E-state index in [4.69, 9.17) is 0 Å². The van der Waals surface area contributed by atoms with Gasteiger partial charge in [-0.2, -0.15) is 0 Å². The number of anilines is 1. The number of carbonyl (C=O) groups excluding carboxylic acids is 1. The summed E-state index contributed by atoms with van der Waals surface area (Å²) < 4.78 is 14.4. The van der Waals surface area contributed by atoms with E-state index in [9.17, 15) is 9.18 Å². The molecule has 5 heteroatoms. The van der Waals surface area contributed by atoms with Crippen LogP contribution >= 0.6 is 15.9 Å². The summed E-state index contributed by atoms with van der Waals surface area (Å²) >= 11 is 3.20. The Morgan fingerprint density at radius 1 is 1.58 bits per heavy atom. The summed E-state index contributed by atoms with van der Waals surface area (Å²) in [6.07, 6.45) is 2.58. The molecule has 1 fully saturated rings. The number of hydrogen-bond acceptors (Lipinski definition) is 2. The molecule has 104 valence electrons. The SMILES string of the molecule is CCC1(C(=O)Nc2ccc(Br)cc2F)CCCNC1. The Bertz CT molecular complexity index is 473. The van der Waals surface area contributed by atoms with E-state index in [0.717, 1.165) is 25.8 Å². The molecule has 1 aliphatic heterocycles. The number of carbonyl (C=O) groups is 1. The Morgan fingerprint density at radius 3 is 2.95 bits per heavy atom. The molecule has 1 heterocycles. The van der Waals surface area contributed by atoms with Crippen molar-refractivity contribution < 1.29 is 9.18 Å². The van der Waals surface area contributed by atoms with Gasteiger partial charge < -0.3 is 10.6 Å². The fourth-order valence-corrected chi connectivity index (χ4v) is 2.80. The molecule has 0 bridgehead atoms. The van der Waals surface area contributed by atoms with Crippen LogP contribution in [0.2, 0.25) is 0 Å². The van der Waals surface area contributed by atoms with Crippen LogP contribution in [-0.2, 0) is 4.79 Å². The summed E-state index contributed by atoms with van der Waals surface area (Å²) in [6, 6.07) is 4.65. The maximum absolute atomic E-state index is 13.7. The molecule has 19 heavy (non-hydrogen) atoms. The second-order valence-corrected chi connectivity index (χ2v) is 5.91. The van der Waals surface area contributed by atoms with Crippen molar-refractivity contribution in [1.29, 1.82) is 0 Å². The van der Waals surface area contributed by atoms with E-state index < -0.39 is 11.2 Å². The van der Waals surface area contributed by atoms with Crippen molar-refractivity contribution in [3.63, 3.8) is 0 Å². The van der Waals surface area contributed by atoms with E-state index in [1.807, 2.05) is 6.92 Å². The third-order valence-corrected chi connectivity index (χ3v) is 4.30. The number of nitrogens with one attached hydrogen (secondary N) is 2. The van der Waals surface area contributed by atoms with Crippen LogP contribution < -0.4 is 10.6 Å². The number of piperidine rings is 1. The minimum absolute atomic E-state index is 0.0941. The van der Waals surface area contributed by atoms with E-state index in [1.165, 1.54) is 6.07 Å². The van der Waals surface area contributed by atoms with Crippen LogP contribution in [0.4, 0.5) is 10.1 Å². The van der Waals surface area contributed by atoms with Crippen molar-refractivity contribution in [2.75, 3.05) is 18.4 Å². The van der Waals surface area contributed by atoms with Gasteiger partial charge in [0.25, 0.3) is 0 Å². The molecule has 0 saturated carbocycles. The molecule has 1 amide bonds. The van der Waals surface area contributed by atoms with Gasteiger partial charge in [0.2, 0.25) is 5.91 Å². The number of hydrogen-bond donors (Lipinski definition) is 2. The lowest BCUT2D eigenvalue weighted by Gasteiger charge is -2.35. The summed E-state index contributed by atoms with van der Waals surface area (Å²) in [5.74, 6) is -0.513. The quantitative estimate of drug-likeness (QED) is 0.893. The van der Waals surface area contributed by atoms with E-state index >= 15 is 0 Å². The molecule has 2 N–H and O–H groups in total. The molecule has 0 aliphatic carbocycles. The first kappa shape index (κ1) is 14.5. The van der Waals surface area contributed by atoms with Gasteiger partial charge >= 0.3 is 0 Å². The number of rotatable bonds is 3. The topological polar surface area (TPSA) is 41.1 Å². The molecule has 1 unspecified atom stereocenters. The van der Waals surface area contributed by atoms with E-state index in [1.54, 1.807) is 12.1 Å². The third kappa shape index (κ3) is 3.15. The van der Waals surface area contributed by atoms with Crippen LogP contribution in [0.15, 0.2) is 22.7 Å². The smallest absolute Gasteiger partial charge is 0.231 e. The Labute approximate surface area is 121 Å². The first-order valence-electron chi connectivity index (χ1n) is 6.54. The normalized spacial score (nSPS) is 23.1. The lowest BCUT2D eigenvalue weighted by molar-refractivity contribution is -0.126. The molecule has 1 aromatic carbocycles.